The number of carbonyl (C=O) groups is 1. The summed E-state index contributed by atoms with van der Waals surface area (Å²) in [5.41, 5.74) is 6.26. The van der Waals surface area contributed by atoms with Gasteiger partial charge in [-0.1, -0.05) is 0 Å². The number of aromatic nitrogens is 1. The minimum atomic E-state index is -0.923. The maximum Gasteiger partial charge on any atom is 0.335 e. The summed E-state index contributed by atoms with van der Waals surface area (Å²) in [5.74, 6) is -0.923. The van der Waals surface area contributed by atoms with Crippen LogP contribution >= 0.6 is 11.3 Å². The van der Waals surface area contributed by atoms with Gasteiger partial charge in [-0.15, -0.1) is 11.3 Å². The van der Waals surface area contributed by atoms with E-state index in [-0.39, 0.29) is 5.56 Å². The van der Waals surface area contributed by atoms with Crippen LogP contribution in [0, 0.1) is 6.92 Å². The lowest BCUT2D eigenvalue weighted by atomic mass is 10.1. The van der Waals surface area contributed by atoms with E-state index in [1.807, 2.05) is 6.92 Å². The molecule has 0 saturated carbocycles. The van der Waals surface area contributed by atoms with Crippen molar-refractivity contribution in [3.63, 3.8) is 0 Å². The lowest BCUT2D eigenvalue weighted by Crippen LogP contribution is -2.34. The van der Waals surface area contributed by atoms with Gasteiger partial charge in [-0.2, -0.15) is 5.10 Å². The largest absolute Gasteiger partial charge is 0.478 e. The normalized spacial score (nSPS) is 14.7. The first-order chi connectivity index (χ1) is 11.1. The van der Waals surface area contributed by atoms with Crippen LogP contribution in [0.4, 0.5) is 10.8 Å². The summed E-state index contributed by atoms with van der Waals surface area (Å²) in [4.78, 5) is 17.6. The number of aromatic carboxylic acids is 1. The summed E-state index contributed by atoms with van der Waals surface area (Å²) >= 11 is 1.68. The van der Waals surface area contributed by atoms with E-state index < -0.39 is 5.97 Å². The highest BCUT2D eigenvalue weighted by Gasteiger charge is 2.17. The van der Waals surface area contributed by atoms with Gasteiger partial charge in [0.2, 0.25) is 0 Å². The summed E-state index contributed by atoms with van der Waals surface area (Å²) in [6.45, 7) is 3.85. The molecule has 0 atom stereocenters. The minimum Gasteiger partial charge on any atom is -0.478 e. The highest BCUT2D eigenvalue weighted by atomic mass is 32.1. The van der Waals surface area contributed by atoms with Crippen LogP contribution in [0.2, 0.25) is 0 Å². The smallest absolute Gasteiger partial charge is 0.335 e. The van der Waals surface area contributed by atoms with Gasteiger partial charge in [0, 0.05) is 37.0 Å². The Balaban J connectivity index is 1.55. The van der Waals surface area contributed by atoms with Crippen molar-refractivity contribution in [3.8, 4) is 0 Å². The van der Waals surface area contributed by atoms with Gasteiger partial charge in [0.25, 0.3) is 0 Å². The molecule has 0 unspecified atom stereocenters. The first kappa shape index (κ1) is 15.5. The van der Waals surface area contributed by atoms with Crippen molar-refractivity contribution in [2.24, 2.45) is 5.10 Å². The summed E-state index contributed by atoms with van der Waals surface area (Å²) in [6, 6.07) is 6.58. The van der Waals surface area contributed by atoms with Crippen LogP contribution in [0.3, 0.4) is 0 Å². The number of carboxylic acids is 1. The molecule has 2 N–H and O–H groups in total. The Labute approximate surface area is 138 Å². The van der Waals surface area contributed by atoms with Crippen molar-refractivity contribution < 1.29 is 9.90 Å². The van der Waals surface area contributed by atoms with Crippen LogP contribution in [0.5, 0.6) is 0 Å². The van der Waals surface area contributed by atoms with Crippen LogP contribution in [0.15, 0.2) is 34.7 Å². The predicted molar refractivity (Wildman–Crippen MR) is 92.8 cm³/mol. The minimum absolute atomic E-state index is 0.273. The topological polar surface area (TPSA) is 77.8 Å². The predicted octanol–water partition coefficient (Wildman–Crippen LogP) is 3.22. The molecule has 1 aliphatic rings. The molecule has 3 rings (SSSR count). The second kappa shape index (κ2) is 6.78. The van der Waals surface area contributed by atoms with Gasteiger partial charge >= 0.3 is 5.97 Å². The Morgan fingerprint density at radius 1 is 1.30 bits per heavy atom. The fourth-order valence-corrected chi connectivity index (χ4v) is 3.24. The Morgan fingerprint density at radius 2 is 2.00 bits per heavy atom. The number of nitrogens with zero attached hydrogens (tertiary/aromatic N) is 3. The molecule has 2 aromatic rings. The fraction of sp³-hybridized carbons (Fsp3) is 0.312. The van der Waals surface area contributed by atoms with E-state index in [9.17, 15) is 4.79 Å². The van der Waals surface area contributed by atoms with Crippen molar-refractivity contribution in [3.05, 3.63) is 40.9 Å². The van der Waals surface area contributed by atoms with Gasteiger partial charge in [0.15, 0.2) is 5.13 Å². The number of rotatable bonds is 4. The first-order valence-corrected chi connectivity index (χ1v) is 8.31. The third-order valence-corrected chi connectivity index (χ3v) is 4.71. The maximum absolute atomic E-state index is 10.8. The molecule has 6 nitrogen and oxygen atoms in total. The molecule has 0 bridgehead atoms. The zero-order chi connectivity index (χ0) is 16.2. The third kappa shape index (κ3) is 3.87. The van der Waals surface area contributed by atoms with Gasteiger partial charge in [0.1, 0.15) is 0 Å². The first-order valence-electron chi connectivity index (χ1n) is 7.44. The molecule has 23 heavy (non-hydrogen) atoms. The van der Waals surface area contributed by atoms with Gasteiger partial charge in [-0.25, -0.2) is 9.78 Å². The summed E-state index contributed by atoms with van der Waals surface area (Å²) < 4.78 is 0. The van der Waals surface area contributed by atoms with Crippen LogP contribution in [0.25, 0.3) is 0 Å². The van der Waals surface area contributed by atoms with Crippen LogP contribution in [-0.4, -0.2) is 34.9 Å². The van der Waals surface area contributed by atoms with E-state index >= 15 is 0 Å². The number of aryl methyl sites for hydroxylation is 1. The molecule has 0 aliphatic carbocycles. The highest BCUT2D eigenvalue weighted by Crippen LogP contribution is 2.23. The van der Waals surface area contributed by atoms with E-state index in [0.717, 1.165) is 48.2 Å². The summed E-state index contributed by atoms with van der Waals surface area (Å²) in [7, 11) is 0. The number of hydrazone groups is 1. The Kier molecular flexibility index (Phi) is 4.57. The fourth-order valence-electron chi connectivity index (χ4n) is 2.39. The lowest BCUT2D eigenvalue weighted by Gasteiger charge is -2.27. The van der Waals surface area contributed by atoms with Gasteiger partial charge in [-0.05, 0) is 31.2 Å². The number of carboxylic acid groups (broad SMARTS) is 1. The maximum atomic E-state index is 10.8. The van der Waals surface area contributed by atoms with Crippen LogP contribution in [0.1, 0.15) is 28.9 Å². The molecule has 1 aromatic carbocycles. The van der Waals surface area contributed by atoms with Gasteiger partial charge in [0.05, 0.1) is 16.9 Å². The third-order valence-electron chi connectivity index (χ3n) is 3.69. The van der Waals surface area contributed by atoms with E-state index in [0.29, 0.717) is 0 Å². The SMILES string of the molecule is Cc1csc(N2CCC(=NNc3ccc(C(=O)O)cc3)CC2)n1. The Bertz CT molecular complexity index is 714. The number of nitrogens with one attached hydrogen (secondary N) is 1. The molecule has 0 spiro atoms. The molecule has 120 valence electrons. The standard InChI is InChI=1S/C16H18N4O2S/c1-11-10-23-16(17-11)20-8-6-14(7-9-20)19-18-13-4-2-12(3-5-13)15(21)22/h2-5,10,18H,6-9H2,1H3,(H,21,22). The zero-order valence-corrected chi connectivity index (χ0v) is 13.6. The number of benzene rings is 1. The number of thiazole rings is 1. The number of hydrogen-bond donors (Lipinski definition) is 2. The van der Waals surface area contributed by atoms with Crippen molar-refractivity contribution in [1.82, 2.24) is 4.98 Å². The van der Waals surface area contributed by atoms with Crippen molar-refractivity contribution in [2.45, 2.75) is 19.8 Å². The number of hydrogen-bond acceptors (Lipinski definition) is 6. The molecule has 0 radical (unpaired) electrons. The van der Waals surface area contributed by atoms with Gasteiger partial charge in [-0.3, -0.25) is 5.43 Å². The molecule has 1 saturated heterocycles. The monoisotopic (exact) mass is 330 g/mol. The average molecular weight is 330 g/mol. The van der Waals surface area contributed by atoms with E-state index in [2.05, 4.69) is 25.8 Å². The second-order valence-corrected chi connectivity index (χ2v) is 6.27. The Morgan fingerprint density at radius 3 is 2.57 bits per heavy atom. The highest BCUT2D eigenvalue weighted by molar-refractivity contribution is 7.13. The number of anilines is 2. The second-order valence-electron chi connectivity index (χ2n) is 5.43. The molecule has 1 aromatic heterocycles. The van der Waals surface area contributed by atoms with E-state index in [4.69, 9.17) is 5.11 Å². The molecule has 7 heteroatoms. The van der Waals surface area contributed by atoms with Crippen molar-refractivity contribution >= 4 is 33.8 Å². The van der Waals surface area contributed by atoms with E-state index in [1.54, 1.807) is 35.6 Å². The van der Waals surface area contributed by atoms with Crippen molar-refractivity contribution in [2.75, 3.05) is 23.4 Å². The molecule has 1 fully saturated rings. The summed E-state index contributed by atoms with van der Waals surface area (Å²) in [5, 5.41) is 16.5. The average Bonchev–Trinajstić information content (AvgIpc) is 3.00. The Hall–Kier alpha value is -2.41. The molecular weight excluding hydrogens is 312 g/mol. The number of piperidine rings is 1. The quantitative estimate of drug-likeness (QED) is 0.842. The molecular formula is C16H18N4O2S. The van der Waals surface area contributed by atoms with Gasteiger partial charge < -0.3 is 10.0 Å². The zero-order valence-electron chi connectivity index (χ0n) is 12.8. The molecule has 0 amide bonds. The van der Waals surface area contributed by atoms with E-state index in [1.165, 1.54) is 0 Å². The van der Waals surface area contributed by atoms with Crippen molar-refractivity contribution in [1.29, 1.82) is 0 Å². The lowest BCUT2D eigenvalue weighted by molar-refractivity contribution is 0.0697. The molecule has 2 heterocycles. The molecule has 1 aliphatic heterocycles. The van der Waals surface area contributed by atoms with Crippen LogP contribution < -0.4 is 10.3 Å². The summed E-state index contributed by atoms with van der Waals surface area (Å²) in [6.07, 6.45) is 1.80. The van der Waals surface area contributed by atoms with Crippen LogP contribution in [-0.2, 0) is 0 Å².